The van der Waals surface area contributed by atoms with Crippen LogP contribution in [0, 0.1) is 0 Å². The highest BCUT2D eigenvalue weighted by atomic mass is 16.5. The van der Waals surface area contributed by atoms with Crippen LogP contribution < -0.4 is 4.74 Å². The number of hydrogen-bond acceptors (Lipinski definition) is 2. The maximum Gasteiger partial charge on any atom is 0.150 e. The van der Waals surface area contributed by atoms with Gasteiger partial charge in [0, 0.05) is 11.1 Å². The molecule has 0 N–H and O–H groups in total. The first-order valence-corrected chi connectivity index (χ1v) is 8.62. The van der Waals surface area contributed by atoms with E-state index in [2.05, 4.69) is 19.1 Å². The minimum atomic E-state index is 0.655. The van der Waals surface area contributed by atoms with Gasteiger partial charge in [0.05, 0.1) is 6.61 Å². The van der Waals surface area contributed by atoms with Crippen LogP contribution in [0.5, 0.6) is 5.75 Å². The zero-order chi connectivity index (χ0) is 16.3. The second-order valence-electron chi connectivity index (χ2n) is 5.86. The highest BCUT2D eigenvalue weighted by Gasteiger charge is 2.07. The molecule has 0 unspecified atom stereocenters. The molecule has 23 heavy (non-hydrogen) atoms. The number of rotatable bonds is 10. The molecule has 2 aromatic rings. The van der Waals surface area contributed by atoms with Gasteiger partial charge in [-0.2, -0.15) is 0 Å². The molecule has 0 radical (unpaired) electrons. The van der Waals surface area contributed by atoms with Crippen molar-refractivity contribution in [3.63, 3.8) is 0 Å². The molecule has 0 fully saturated rings. The van der Waals surface area contributed by atoms with E-state index >= 15 is 0 Å². The van der Waals surface area contributed by atoms with Gasteiger partial charge < -0.3 is 4.74 Å². The van der Waals surface area contributed by atoms with Gasteiger partial charge in [0.25, 0.3) is 0 Å². The lowest BCUT2D eigenvalue weighted by atomic mass is 10.0. The predicted octanol–water partition coefficient (Wildman–Crippen LogP) is 5.91. The average Bonchev–Trinajstić information content (AvgIpc) is 2.61. The van der Waals surface area contributed by atoms with E-state index in [9.17, 15) is 4.79 Å². The Hall–Kier alpha value is -2.09. The molecule has 0 bridgehead atoms. The Balaban J connectivity index is 1.97. The van der Waals surface area contributed by atoms with Crippen molar-refractivity contribution in [1.82, 2.24) is 0 Å². The topological polar surface area (TPSA) is 26.3 Å². The zero-order valence-corrected chi connectivity index (χ0v) is 14.0. The SMILES string of the molecule is CCCCCCCCOc1cc(C=O)ccc1-c1ccccc1. The summed E-state index contributed by atoms with van der Waals surface area (Å²) >= 11 is 0. The van der Waals surface area contributed by atoms with Crippen molar-refractivity contribution in [2.24, 2.45) is 0 Å². The highest BCUT2D eigenvalue weighted by Crippen LogP contribution is 2.30. The van der Waals surface area contributed by atoms with E-state index in [1.807, 2.05) is 36.4 Å². The van der Waals surface area contributed by atoms with Crippen LogP contribution in [0.15, 0.2) is 48.5 Å². The maximum atomic E-state index is 11.0. The van der Waals surface area contributed by atoms with Crippen molar-refractivity contribution < 1.29 is 9.53 Å². The monoisotopic (exact) mass is 310 g/mol. The van der Waals surface area contributed by atoms with Crippen LogP contribution in [0.4, 0.5) is 0 Å². The third-order valence-corrected chi connectivity index (χ3v) is 3.98. The zero-order valence-electron chi connectivity index (χ0n) is 14.0. The molecule has 0 saturated heterocycles. The molecule has 2 heteroatoms. The molecule has 0 aliphatic carbocycles. The minimum Gasteiger partial charge on any atom is -0.493 e. The number of unbranched alkanes of at least 4 members (excludes halogenated alkanes) is 5. The van der Waals surface area contributed by atoms with Gasteiger partial charge in [-0.25, -0.2) is 0 Å². The van der Waals surface area contributed by atoms with E-state index in [1.54, 1.807) is 0 Å². The van der Waals surface area contributed by atoms with E-state index in [-0.39, 0.29) is 0 Å². The molecule has 0 aliphatic heterocycles. The lowest BCUT2D eigenvalue weighted by Crippen LogP contribution is -2.00. The lowest BCUT2D eigenvalue weighted by Gasteiger charge is -2.12. The molecule has 0 spiro atoms. The number of ether oxygens (including phenoxy) is 1. The number of hydrogen-bond donors (Lipinski definition) is 0. The van der Waals surface area contributed by atoms with Crippen molar-refractivity contribution in [2.75, 3.05) is 6.61 Å². The third-order valence-electron chi connectivity index (χ3n) is 3.98. The molecule has 0 aromatic heterocycles. The van der Waals surface area contributed by atoms with Crippen LogP contribution in [-0.2, 0) is 0 Å². The van der Waals surface area contributed by atoms with Gasteiger partial charge in [-0.15, -0.1) is 0 Å². The van der Waals surface area contributed by atoms with Gasteiger partial charge >= 0.3 is 0 Å². The fourth-order valence-corrected chi connectivity index (χ4v) is 2.65. The fraction of sp³-hybridized carbons (Fsp3) is 0.381. The first-order valence-electron chi connectivity index (χ1n) is 8.62. The molecule has 0 saturated carbocycles. The van der Waals surface area contributed by atoms with Gasteiger partial charge in [-0.05, 0) is 24.1 Å². The van der Waals surface area contributed by atoms with Crippen LogP contribution in [-0.4, -0.2) is 12.9 Å². The summed E-state index contributed by atoms with van der Waals surface area (Å²) in [5.41, 5.74) is 2.81. The maximum absolute atomic E-state index is 11.0. The van der Waals surface area contributed by atoms with Crippen LogP contribution in [0.1, 0.15) is 55.8 Å². The molecule has 122 valence electrons. The molecule has 0 aliphatic rings. The second-order valence-corrected chi connectivity index (χ2v) is 5.86. The number of carbonyl (C=O) groups excluding carboxylic acids is 1. The van der Waals surface area contributed by atoms with E-state index in [0.717, 1.165) is 29.6 Å². The Morgan fingerprint density at radius 3 is 2.39 bits per heavy atom. The quantitative estimate of drug-likeness (QED) is 0.403. The Kier molecular flexibility index (Phi) is 7.38. The van der Waals surface area contributed by atoms with Gasteiger partial charge in [0.15, 0.2) is 0 Å². The normalized spacial score (nSPS) is 10.5. The van der Waals surface area contributed by atoms with Crippen molar-refractivity contribution in [3.05, 3.63) is 54.1 Å². The first kappa shape index (κ1) is 17.3. The Labute approximate surface area is 139 Å². The van der Waals surface area contributed by atoms with Crippen LogP contribution in [0.3, 0.4) is 0 Å². The summed E-state index contributed by atoms with van der Waals surface area (Å²) < 4.78 is 5.98. The van der Waals surface area contributed by atoms with Crippen molar-refractivity contribution in [1.29, 1.82) is 0 Å². The number of benzene rings is 2. The van der Waals surface area contributed by atoms with Crippen molar-refractivity contribution in [3.8, 4) is 16.9 Å². The fourth-order valence-electron chi connectivity index (χ4n) is 2.65. The van der Waals surface area contributed by atoms with E-state index in [0.29, 0.717) is 12.2 Å². The molecule has 2 aromatic carbocycles. The molecule has 0 atom stereocenters. The van der Waals surface area contributed by atoms with Crippen molar-refractivity contribution >= 4 is 6.29 Å². The summed E-state index contributed by atoms with van der Waals surface area (Å²) in [7, 11) is 0. The van der Waals surface area contributed by atoms with E-state index in [4.69, 9.17) is 4.74 Å². The first-order chi connectivity index (χ1) is 11.3. The second kappa shape index (κ2) is 9.83. The van der Waals surface area contributed by atoms with Crippen LogP contribution in [0.2, 0.25) is 0 Å². The van der Waals surface area contributed by atoms with E-state index in [1.165, 1.54) is 32.1 Å². The summed E-state index contributed by atoms with van der Waals surface area (Å²) in [5.74, 6) is 0.800. The molecule has 2 nitrogen and oxygen atoms in total. The smallest absolute Gasteiger partial charge is 0.150 e. The molecule has 0 amide bonds. The Morgan fingerprint density at radius 1 is 0.913 bits per heavy atom. The standard InChI is InChI=1S/C21H26O2/c1-2-3-4-5-6-10-15-23-21-16-18(17-22)13-14-20(21)19-11-8-7-9-12-19/h7-9,11-14,16-17H,2-6,10,15H2,1H3. The largest absolute Gasteiger partial charge is 0.493 e. The lowest BCUT2D eigenvalue weighted by molar-refractivity contribution is 0.112. The Bertz CT molecular complexity index is 590. The summed E-state index contributed by atoms with van der Waals surface area (Å²) in [6.07, 6.45) is 8.31. The third kappa shape index (κ3) is 5.55. The van der Waals surface area contributed by atoms with Gasteiger partial charge in [0.2, 0.25) is 0 Å². The summed E-state index contributed by atoms with van der Waals surface area (Å²) in [5, 5.41) is 0. The van der Waals surface area contributed by atoms with Gasteiger partial charge in [-0.3, -0.25) is 4.79 Å². The molecular weight excluding hydrogens is 284 g/mol. The van der Waals surface area contributed by atoms with Crippen LogP contribution >= 0.6 is 0 Å². The Morgan fingerprint density at radius 2 is 1.65 bits per heavy atom. The molecule has 0 heterocycles. The highest BCUT2D eigenvalue weighted by molar-refractivity contribution is 5.80. The molecule has 2 rings (SSSR count). The van der Waals surface area contributed by atoms with Gasteiger partial charge in [-0.1, -0.05) is 75.4 Å². The molecular formula is C21H26O2. The van der Waals surface area contributed by atoms with Crippen LogP contribution in [0.25, 0.3) is 11.1 Å². The van der Waals surface area contributed by atoms with Gasteiger partial charge in [0.1, 0.15) is 12.0 Å². The summed E-state index contributed by atoms with van der Waals surface area (Å²) in [6, 6.07) is 15.8. The summed E-state index contributed by atoms with van der Waals surface area (Å²) in [4.78, 5) is 11.0. The number of aldehydes is 1. The van der Waals surface area contributed by atoms with Crippen molar-refractivity contribution in [2.45, 2.75) is 45.4 Å². The minimum absolute atomic E-state index is 0.655. The summed E-state index contributed by atoms with van der Waals surface area (Å²) in [6.45, 7) is 2.93. The average molecular weight is 310 g/mol. The number of carbonyl (C=O) groups is 1. The predicted molar refractivity (Wildman–Crippen MR) is 96.1 cm³/mol. The van der Waals surface area contributed by atoms with E-state index < -0.39 is 0 Å².